The number of fused-ring (bicyclic) bond motifs is 4. The Morgan fingerprint density at radius 2 is 1.94 bits per heavy atom. The Kier molecular flexibility index (Phi) is 8.32. The minimum atomic E-state index is -0.250. The van der Waals surface area contributed by atoms with Gasteiger partial charge in [-0.15, -0.1) is 0 Å². The normalized spacial score (nSPS) is 27.4. The van der Waals surface area contributed by atoms with Gasteiger partial charge in [0.2, 0.25) is 11.8 Å². The Hall–Kier alpha value is -2.12. The molecule has 4 atom stereocenters. The number of carbonyl (C=O) groups is 3. The number of amides is 2. The van der Waals surface area contributed by atoms with E-state index in [-0.39, 0.29) is 18.3 Å². The molecule has 2 bridgehead atoms. The maximum absolute atomic E-state index is 13.1. The molecular formula is C23H32ClN3O4. The average Bonchev–Trinajstić information content (AvgIpc) is 2.75. The molecule has 1 aromatic rings. The van der Waals surface area contributed by atoms with Crippen molar-refractivity contribution in [2.45, 2.75) is 51.1 Å². The molecule has 0 spiro atoms. The van der Waals surface area contributed by atoms with Crippen molar-refractivity contribution in [1.29, 1.82) is 0 Å². The summed E-state index contributed by atoms with van der Waals surface area (Å²) < 4.78 is 0. The predicted octanol–water partition coefficient (Wildman–Crippen LogP) is 2.42. The number of nitrogens with zero attached hydrogens (tertiary/aromatic N) is 2. The summed E-state index contributed by atoms with van der Waals surface area (Å²) in [5.74, 6) is 1.17. The fourth-order valence-electron chi connectivity index (χ4n) is 5.56. The number of nitrogens with one attached hydrogen (secondary N) is 1. The molecule has 0 radical (unpaired) electrons. The highest BCUT2D eigenvalue weighted by molar-refractivity contribution is 6.31. The molecule has 4 rings (SSSR count). The van der Waals surface area contributed by atoms with Crippen molar-refractivity contribution in [2.75, 3.05) is 26.2 Å². The largest absolute Gasteiger partial charge is 0.483 e. The minimum Gasteiger partial charge on any atom is -0.483 e. The quantitative estimate of drug-likeness (QED) is 0.689. The zero-order valence-corrected chi connectivity index (χ0v) is 18.8. The van der Waals surface area contributed by atoms with Gasteiger partial charge in [-0.25, -0.2) is 0 Å². The second kappa shape index (κ2) is 11.0. The van der Waals surface area contributed by atoms with E-state index in [2.05, 4.69) is 15.1 Å². The van der Waals surface area contributed by atoms with E-state index in [1.54, 1.807) is 6.92 Å². The van der Waals surface area contributed by atoms with Crippen LogP contribution in [0.2, 0.25) is 5.02 Å². The molecule has 0 aliphatic carbocycles. The van der Waals surface area contributed by atoms with Crippen molar-refractivity contribution < 1.29 is 19.5 Å². The summed E-state index contributed by atoms with van der Waals surface area (Å²) in [5, 5.41) is 10.6. The van der Waals surface area contributed by atoms with Crippen molar-refractivity contribution in [3.8, 4) is 0 Å². The smallest absolute Gasteiger partial charge is 0.290 e. The summed E-state index contributed by atoms with van der Waals surface area (Å²) in [6, 6.07) is 8.49. The van der Waals surface area contributed by atoms with Crippen LogP contribution in [0.1, 0.15) is 38.2 Å². The number of benzene rings is 1. The van der Waals surface area contributed by atoms with Crippen LogP contribution in [-0.2, 0) is 20.8 Å². The van der Waals surface area contributed by atoms with E-state index in [0.717, 1.165) is 25.2 Å². The lowest BCUT2D eigenvalue weighted by Gasteiger charge is -2.56. The van der Waals surface area contributed by atoms with E-state index in [4.69, 9.17) is 21.5 Å². The molecule has 3 aliphatic heterocycles. The standard InChI is InChI=1S/C22H30ClN3O2.CH2O2/c1-15(27)24-12-21-18-10-17(20-8-4-5-9-26(20)21)13-25(14-18)22(28)11-16-6-2-3-7-19(16)23;2-1-3/h2-3,6-7,17-18,20-21H,4-5,8-14H2,1H3,(H,24,27);1H,(H,2,3)/t17-,18+,20+,21+;/m1./s1. The number of carbonyl (C=O) groups excluding carboxylic acids is 2. The van der Waals surface area contributed by atoms with E-state index in [1.807, 2.05) is 24.3 Å². The third-order valence-corrected chi connectivity index (χ3v) is 7.20. The summed E-state index contributed by atoms with van der Waals surface area (Å²) >= 11 is 6.27. The number of hydrogen-bond donors (Lipinski definition) is 2. The molecule has 3 fully saturated rings. The van der Waals surface area contributed by atoms with Crippen LogP contribution in [0.4, 0.5) is 0 Å². The van der Waals surface area contributed by atoms with Crippen LogP contribution in [0.15, 0.2) is 24.3 Å². The second-order valence-electron chi connectivity index (χ2n) is 8.73. The number of piperidine rings is 3. The highest BCUT2D eigenvalue weighted by Gasteiger charge is 2.47. The van der Waals surface area contributed by atoms with Crippen LogP contribution < -0.4 is 5.32 Å². The van der Waals surface area contributed by atoms with Gasteiger partial charge in [0.05, 0.1) is 6.42 Å². The molecule has 3 heterocycles. The van der Waals surface area contributed by atoms with Crippen molar-refractivity contribution in [3.63, 3.8) is 0 Å². The van der Waals surface area contributed by atoms with Gasteiger partial charge >= 0.3 is 0 Å². The Balaban J connectivity index is 0.000000858. The van der Waals surface area contributed by atoms with Crippen molar-refractivity contribution >= 4 is 29.9 Å². The SMILES string of the molecule is CC(=O)NC[C@H]1[C@H]2C[C@H](CN(C(=O)Cc3ccccc3Cl)C2)[C@@H]2CCCCN21.O=CO. The predicted molar refractivity (Wildman–Crippen MR) is 119 cm³/mol. The molecule has 1 aromatic carbocycles. The zero-order valence-electron chi connectivity index (χ0n) is 18.0. The van der Waals surface area contributed by atoms with Gasteiger partial charge in [-0.2, -0.15) is 0 Å². The molecular weight excluding hydrogens is 418 g/mol. The summed E-state index contributed by atoms with van der Waals surface area (Å²) in [7, 11) is 0. The van der Waals surface area contributed by atoms with Crippen LogP contribution >= 0.6 is 11.6 Å². The van der Waals surface area contributed by atoms with Gasteiger partial charge in [0.1, 0.15) is 0 Å². The highest BCUT2D eigenvalue weighted by Crippen LogP contribution is 2.41. The molecule has 170 valence electrons. The van der Waals surface area contributed by atoms with Gasteiger partial charge in [0.15, 0.2) is 0 Å². The minimum absolute atomic E-state index is 0.0261. The summed E-state index contributed by atoms with van der Waals surface area (Å²) in [5.41, 5.74) is 0.902. The first-order valence-electron chi connectivity index (χ1n) is 11.0. The summed E-state index contributed by atoms with van der Waals surface area (Å²) in [6.45, 7) is 4.78. The molecule has 3 aliphatic rings. The maximum atomic E-state index is 13.1. The first-order valence-corrected chi connectivity index (χ1v) is 11.4. The average molecular weight is 450 g/mol. The second-order valence-corrected chi connectivity index (χ2v) is 9.14. The van der Waals surface area contributed by atoms with Gasteiger partial charge < -0.3 is 15.3 Å². The van der Waals surface area contributed by atoms with E-state index in [0.29, 0.717) is 41.9 Å². The molecule has 2 amide bonds. The van der Waals surface area contributed by atoms with Gasteiger partial charge in [-0.1, -0.05) is 36.2 Å². The van der Waals surface area contributed by atoms with Crippen LogP contribution in [0, 0.1) is 11.8 Å². The van der Waals surface area contributed by atoms with E-state index in [1.165, 1.54) is 25.7 Å². The number of likely N-dealkylation sites (tertiary alicyclic amines) is 1. The number of halogens is 1. The van der Waals surface area contributed by atoms with E-state index >= 15 is 0 Å². The number of hydrogen-bond acceptors (Lipinski definition) is 4. The third-order valence-electron chi connectivity index (χ3n) is 6.83. The topological polar surface area (TPSA) is 90.0 Å². The van der Waals surface area contributed by atoms with Crippen LogP contribution in [-0.4, -0.2) is 71.5 Å². The molecule has 2 N–H and O–H groups in total. The maximum Gasteiger partial charge on any atom is 0.290 e. The molecule has 0 unspecified atom stereocenters. The third kappa shape index (κ3) is 5.77. The fourth-order valence-corrected chi connectivity index (χ4v) is 5.76. The van der Waals surface area contributed by atoms with Gasteiger partial charge in [-0.05, 0) is 49.3 Å². The molecule has 31 heavy (non-hydrogen) atoms. The molecule has 0 aromatic heterocycles. The van der Waals surface area contributed by atoms with Crippen molar-refractivity contribution in [3.05, 3.63) is 34.9 Å². The van der Waals surface area contributed by atoms with Crippen LogP contribution in [0.5, 0.6) is 0 Å². The zero-order chi connectivity index (χ0) is 22.4. The Labute approximate surface area is 188 Å². The lowest BCUT2D eigenvalue weighted by atomic mass is 9.72. The van der Waals surface area contributed by atoms with Crippen molar-refractivity contribution in [2.24, 2.45) is 11.8 Å². The van der Waals surface area contributed by atoms with Crippen molar-refractivity contribution in [1.82, 2.24) is 15.1 Å². The van der Waals surface area contributed by atoms with E-state index < -0.39 is 0 Å². The Bertz CT molecular complexity index is 790. The molecule has 7 nitrogen and oxygen atoms in total. The number of rotatable bonds is 4. The van der Waals surface area contributed by atoms with Crippen LogP contribution in [0.25, 0.3) is 0 Å². The molecule has 3 saturated heterocycles. The first kappa shape index (κ1) is 23.5. The fraction of sp³-hybridized carbons (Fsp3) is 0.609. The van der Waals surface area contributed by atoms with Crippen LogP contribution in [0.3, 0.4) is 0 Å². The molecule has 0 saturated carbocycles. The van der Waals surface area contributed by atoms with Gasteiger partial charge in [0, 0.05) is 43.7 Å². The van der Waals surface area contributed by atoms with Gasteiger partial charge in [0.25, 0.3) is 6.47 Å². The lowest BCUT2D eigenvalue weighted by Crippen LogP contribution is -2.66. The summed E-state index contributed by atoms with van der Waals surface area (Å²) in [6.07, 6.45) is 5.25. The number of carboxylic acid groups (broad SMARTS) is 1. The Morgan fingerprint density at radius 3 is 2.65 bits per heavy atom. The van der Waals surface area contributed by atoms with Gasteiger partial charge in [-0.3, -0.25) is 19.3 Å². The summed E-state index contributed by atoms with van der Waals surface area (Å²) in [4.78, 5) is 37.7. The first-order chi connectivity index (χ1) is 14.9. The lowest BCUT2D eigenvalue weighted by molar-refractivity contribution is -0.140. The highest BCUT2D eigenvalue weighted by atomic mass is 35.5. The molecule has 8 heteroatoms. The van der Waals surface area contributed by atoms with E-state index in [9.17, 15) is 9.59 Å². The monoisotopic (exact) mass is 449 g/mol. The Morgan fingerprint density at radius 1 is 1.23 bits per heavy atom.